The molecule has 1 aromatic heterocycles. The Morgan fingerprint density at radius 2 is 2.00 bits per heavy atom. The number of aromatic nitrogens is 2. The Morgan fingerprint density at radius 1 is 1.17 bits per heavy atom. The maximum Gasteiger partial charge on any atom is 0.129 e. The van der Waals surface area contributed by atoms with Crippen LogP contribution < -0.4 is 5.32 Å². The zero-order chi connectivity index (χ0) is 13.0. The summed E-state index contributed by atoms with van der Waals surface area (Å²) in [4.78, 5) is 8.49. The lowest BCUT2D eigenvalue weighted by Gasteiger charge is -2.09. The van der Waals surface area contributed by atoms with Gasteiger partial charge in [-0.15, -0.1) is 0 Å². The van der Waals surface area contributed by atoms with E-state index in [2.05, 4.69) is 60.3 Å². The molecular weight excluding hydrogens is 222 g/mol. The van der Waals surface area contributed by atoms with E-state index in [1.165, 1.54) is 11.1 Å². The fourth-order valence-corrected chi connectivity index (χ4v) is 1.80. The molecule has 3 nitrogen and oxygen atoms in total. The highest BCUT2D eigenvalue weighted by Crippen LogP contribution is 2.14. The quantitative estimate of drug-likeness (QED) is 0.890. The fourth-order valence-electron chi connectivity index (χ4n) is 1.80. The zero-order valence-corrected chi connectivity index (χ0v) is 11.1. The molecule has 0 aliphatic rings. The van der Waals surface area contributed by atoms with Crippen LogP contribution in [0.1, 0.15) is 36.6 Å². The second-order valence-corrected chi connectivity index (χ2v) is 4.83. The Labute approximate surface area is 108 Å². The van der Waals surface area contributed by atoms with Gasteiger partial charge in [0.05, 0.1) is 0 Å². The number of aryl methyl sites for hydroxylation is 1. The SMILES string of the molecule is Cc1cccc(CNc2cc(C(C)C)ncn2)c1. The predicted octanol–water partition coefficient (Wildman–Crippen LogP) is 3.52. The second-order valence-electron chi connectivity index (χ2n) is 4.83. The fraction of sp³-hybridized carbons (Fsp3) is 0.333. The normalized spacial score (nSPS) is 10.7. The summed E-state index contributed by atoms with van der Waals surface area (Å²) in [5.74, 6) is 1.31. The average Bonchev–Trinajstić information content (AvgIpc) is 2.37. The van der Waals surface area contributed by atoms with Crippen LogP contribution in [0.5, 0.6) is 0 Å². The van der Waals surface area contributed by atoms with Gasteiger partial charge < -0.3 is 5.32 Å². The van der Waals surface area contributed by atoms with Crippen molar-refractivity contribution in [2.45, 2.75) is 33.2 Å². The first-order chi connectivity index (χ1) is 8.65. The summed E-state index contributed by atoms with van der Waals surface area (Å²) in [6, 6.07) is 10.5. The highest BCUT2D eigenvalue weighted by Gasteiger charge is 2.02. The third-order valence-corrected chi connectivity index (χ3v) is 2.84. The Hall–Kier alpha value is -1.90. The van der Waals surface area contributed by atoms with Gasteiger partial charge in [-0.25, -0.2) is 9.97 Å². The molecule has 0 saturated heterocycles. The van der Waals surface area contributed by atoms with Crippen molar-refractivity contribution in [3.63, 3.8) is 0 Å². The van der Waals surface area contributed by atoms with Gasteiger partial charge in [-0.2, -0.15) is 0 Å². The van der Waals surface area contributed by atoms with Crippen molar-refractivity contribution in [2.24, 2.45) is 0 Å². The molecule has 0 radical (unpaired) electrons. The van der Waals surface area contributed by atoms with Crippen molar-refractivity contribution < 1.29 is 0 Å². The Bertz CT molecular complexity index is 521. The van der Waals surface area contributed by atoms with Crippen LogP contribution in [-0.2, 0) is 6.54 Å². The summed E-state index contributed by atoms with van der Waals surface area (Å²) < 4.78 is 0. The van der Waals surface area contributed by atoms with Gasteiger partial charge in [-0.3, -0.25) is 0 Å². The number of nitrogens with one attached hydrogen (secondary N) is 1. The molecule has 1 heterocycles. The highest BCUT2D eigenvalue weighted by molar-refractivity contribution is 5.37. The van der Waals surface area contributed by atoms with Crippen LogP contribution in [-0.4, -0.2) is 9.97 Å². The molecule has 1 N–H and O–H groups in total. The third-order valence-electron chi connectivity index (χ3n) is 2.84. The molecule has 0 atom stereocenters. The molecule has 0 aliphatic carbocycles. The standard InChI is InChI=1S/C15H19N3/c1-11(2)14-8-15(18-10-17-14)16-9-13-6-4-5-12(3)7-13/h4-8,10-11H,9H2,1-3H3,(H,16,17,18). The van der Waals surface area contributed by atoms with Gasteiger partial charge in [-0.05, 0) is 18.4 Å². The monoisotopic (exact) mass is 241 g/mol. The molecule has 0 unspecified atom stereocenters. The molecule has 0 spiro atoms. The zero-order valence-electron chi connectivity index (χ0n) is 11.1. The first-order valence-corrected chi connectivity index (χ1v) is 6.26. The molecule has 0 aliphatic heterocycles. The molecule has 0 bridgehead atoms. The third kappa shape index (κ3) is 3.29. The summed E-state index contributed by atoms with van der Waals surface area (Å²) in [7, 11) is 0. The van der Waals surface area contributed by atoms with Crippen molar-refractivity contribution in [1.82, 2.24) is 9.97 Å². The van der Waals surface area contributed by atoms with Gasteiger partial charge in [0.25, 0.3) is 0 Å². The number of anilines is 1. The lowest BCUT2D eigenvalue weighted by molar-refractivity contribution is 0.814. The summed E-state index contributed by atoms with van der Waals surface area (Å²) in [6.45, 7) is 7.15. The average molecular weight is 241 g/mol. The lowest BCUT2D eigenvalue weighted by atomic mass is 10.1. The summed E-state index contributed by atoms with van der Waals surface area (Å²) in [6.07, 6.45) is 1.62. The number of hydrogen-bond acceptors (Lipinski definition) is 3. The van der Waals surface area contributed by atoms with E-state index in [0.717, 1.165) is 18.1 Å². The summed E-state index contributed by atoms with van der Waals surface area (Å²) in [5, 5.41) is 3.33. The van der Waals surface area contributed by atoms with Gasteiger partial charge in [0.15, 0.2) is 0 Å². The van der Waals surface area contributed by atoms with Crippen molar-refractivity contribution in [1.29, 1.82) is 0 Å². The smallest absolute Gasteiger partial charge is 0.129 e. The molecule has 0 amide bonds. The van der Waals surface area contributed by atoms with E-state index in [0.29, 0.717) is 5.92 Å². The highest BCUT2D eigenvalue weighted by atomic mass is 15.0. The molecule has 0 saturated carbocycles. The molecule has 0 fully saturated rings. The topological polar surface area (TPSA) is 37.8 Å². The van der Waals surface area contributed by atoms with Crippen molar-refractivity contribution >= 4 is 5.82 Å². The minimum absolute atomic E-state index is 0.424. The molecule has 1 aromatic carbocycles. The van der Waals surface area contributed by atoms with E-state index < -0.39 is 0 Å². The van der Waals surface area contributed by atoms with Crippen LogP contribution >= 0.6 is 0 Å². The minimum Gasteiger partial charge on any atom is -0.366 e. The van der Waals surface area contributed by atoms with Crippen LogP contribution in [0.4, 0.5) is 5.82 Å². The van der Waals surface area contributed by atoms with Gasteiger partial charge in [-0.1, -0.05) is 43.7 Å². The van der Waals surface area contributed by atoms with Gasteiger partial charge in [0.2, 0.25) is 0 Å². The lowest BCUT2D eigenvalue weighted by Crippen LogP contribution is -2.03. The Morgan fingerprint density at radius 3 is 2.72 bits per heavy atom. The van der Waals surface area contributed by atoms with Crippen LogP contribution in [0, 0.1) is 6.92 Å². The van der Waals surface area contributed by atoms with Crippen LogP contribution in [0.2, 0.25) is 0 Å². The summed E-state index contributed by atoms with van der Waals surface area (Å²) >= 11 is 0. The van der Waals surface area contributed by atoms with E-state index in [4.69, 9.17) is 0 Å². The Balaban J connectivity index is 2.04. The largest absolute Gasteiger partial charge is 0.366 e. The van der Waals surface area contributed by atoms with Crippen molar-refractivity contribution in [2.75, 3.05) is 5.32 Å². The van der Waals surface area contributed by atoms with E-state index >= 15 is 0 Å². The first-order valence-electron chi connectivity index (χ1n) is 6.26. The number of benzene rings is 1. The van der Waals surface area contributed by atoms with Gasteiger partial charge in [0.1, 0.15) is 12.1 Å². The maximum atomic E-state index is 4.26. The number of rotatable bonds is 4. The Kier molecular flexibility index (Phi) is 3.92. The van der Waals surface area contributed by atoms with E-state index in [9.17, 15) is 0 Å². The molecule has 3 heteroatoms. The molecule has 2 aromatic rings. The molecule has 18 heavy (non-hydrogen) atoms. The number of hydrogen-bond donors (Lipinski definition) is 1. The van der Waals surface area contributed by atoms with Crippen LogP contribution in [0.25, 0.3) is 0 Å². The van der Waals surface area contributed by atoms with Gasteiger partial charge in [0, 0.05) is 18.3 Å². The van der Waals surface area contributed by atoms with Crippen LogP contribution in [0.3, 0.4) is 0 Å². The molecule has 2 rings (SSSR count). The van der Waals surface area contributed by atoms with Crippen molar-refractivity contribution in [3.05, 3.63) is 53.5 Å². The minimum atomic E-state index is 0.424. The van der Waals surface area contributed by atoms with Crippen molar-refractivity contribution in [3.8, 4) is 0 Å². The van der Waals surface area contributed by atoms with Crippen LogP contribution in [0.15, 0.2) is 36.7 Å². The summed E-state index contributed by atoms with van der Waals surface area (Å²) in [5.41, 5.74) is 3.61. The van der Waals surface area contributed by atoms with E-state index in [1.807, 2.05) is 6.07 Å². The van der Waals surface area contributed by atoms with E-state index in [-0.39, 0.29) is 0 Å². The molecule has 94 valence electrons. The maximum absolute atomic E-state index is 4.26. The first kappa shape index (κ1) is 12.6. The second kappa shape index (κ2) is 5.63. The number of nitrogens with zero attached hydrogens (tertiary/aromatic N) is 2. The van der Waals surface area contributed by atoms with E-state index in [1.54, 1.807) is 6.33 Å². The van der Waals surface area contributed by atoms with Gasteiger partial charge >= 0.3 is 0 Å². The predicted molar refractivity (Wildman–Crippen MR) is 74.6 cm³/mol. The molecular formula is C15H19N3.